The Hall–Kier alpha value is -0.120. The molecule has 0 aromatic carbocycles. The first kappa shape index (κ1) is 17.2. The fourth-order valence-electron chi connectivity index (χ4n) is 3.60. The summed E-state index contributed by atoms with van der Waals surface area (Å²) in [6, 6.07) is 0.565. The van der Waals surface area contributed by atoms with E-state index in [0.29, 0.717) is 12.1 Å². The van der Waals surface area contributed by atoms with Crippen molar-refractivity contribution in [2.75, 3.05) is 32.8 Å². The van der Waals surface area contributed by atoms with E-state index in [1.165, 1.54) is 45.3 Å². The molecule has 1 N–H and O–H groups in total. The van der Waals surface area contributed by atoms with Gasteiger partial charge in [-0.05, 0) is 43.4 Å². The lowest BCUT2D eigenvalue weighted by Crippen LogP contribution is -2.50. The zero-order chi connectivity index (χ0) is 15.2. The van der Waals surface area contributed by atoms with Crippen LogP contribution in [0.3, 0.4) is 0 Å². The predicted molar refractivity (Wildman–Crippen MR) is 89.6 cm³/mol. The molecule has 3 nitrogen and oxygen atoms in total. The maximum absolute atomic E-state index is 6.00. The molecule has 1 saturated carbocycles. The van der Waals surface area contributed by atoms with E-state index in [2.05, 4.69) is 37.9 Å². The number of nitrogens with zero attached hydrogens (tertiary/aromatic N) is 1. The van der Waals surface area contributed by atoms with E-state index >= 15 is 0 Å². The Balaban J connectivity index is 1.51. The summed E-state index contributed by atoms with van der Waals surface area (Å²) in [6.45, 7) is 15.0. The van der Waals surface area contributed by atoms with Crippen molar-refractivity contribution in [1.29, 1.82) is 0 Å². The minimum absolute atomic E-state index is 0.523. The fraction of sp³-hybridized carbons (Fsp3) is 1.00. The van der Waals surface area contributed by atoms with E-state index in [0.717, 1.165) is 30.9 Å². The van der Waals surface area contributed by atoms with Crippen LogP contribution >= 0.6 is 0 Å². The third kappa shape index (κ3) is 5.88. The quantitative estimate of drug-likeness (QED) is 0.696. The van der Waals surface area contributed by atoms with Crippen LogP contribution in [0, 0.1) is 17.8 Å². The summed E-state index contributed by atoms with van der Waals surface area (Å²) in [5.74, 6) is 2.75. The van der Waals surface area contributed by atoms with Crippen LogP contribution in [0.5, 0.6) is 0 Å². The van der Waals surface area contributed by atoms with Gasteiger partial charge in [-0.2, -0.15) is 0 Å². The molecular formula is C18H36N2O. The molecule has 0 unspecified atom stereocenters. The molecule has 0 aromatic heterocycles. The molecule has 1 saturated heterocycles. The Morgan fingerprint density at radius 2 is 1.71 bits per heavy atom. The topological polar surface area (TPSA) is 24.5 Å². The van der Waals surface area contributed by atoms with E-state index in [1.807, 2.05) is 0 Å². The van der Waals surface area contributed by atoms with Crippen LogP contribution in [-0.4, -0.2) is 49.8 Å². The van der Waals surface area contributed by atoms with Crippen molar-refractivity contribution in [2.24, 2.45) is 17.8 Å². The molecule has 2 fully saturated rings. The highest BCUT2D eigenvalue weighted by Crippen LogP contribution is 2.30. The second kappa shape index (κ2) is 8.50. The Labute approximate surface area is 131 Å². The van der Waals surface area contributed by atoms with Gasteiger partial charge in [0.15, 0.2) is 0 Å². The second-order valence-corrected chi connectivity index (χ2v) is 7.84. The molecule has 0 radical (unpaired) electrons. The molecule has 0 amide bonds. The van der Waals surface area contributed by atoms with Crippen molar-refractivity contribution in [3.05, 3.63) is 0 Å². The van der Waals surface area contributed by atoms with Crippen LogP contribution in [0.15, 0.2) is 0 Å². The molecule has 1 aliphatic heterocycles. The fourth-order valence-corrected chi connectivity index (χ4v) is 3.60. The first-order chi connectivity index (χ1) is 10.0. The maximum atomic E-state index is 6.00. The molecule has 124 valence electrons. The van der Waals surface area contributed by atoms with Crippen LogP contribution < -0.4 is 5.32 Å². The van der Waals surface area contributed by atoms with Crippen molar-refractivity contribution >= 4 is 0 Å². The van der Waals surface area contributed by atoms with Gasteiger partial charge in [-0.25, -0.2) is 0 Å². The molecule has 1 heterocycles. The van der Waals surface area contributed by atoms with E-state index < -0.39 is 0 Å². The predicted octanol–water partition coefficient (Wildman–Crippen LogP) is 3.15. The number of hydrogen-bond donors (Lipinski definition) is 1. The minimum Gasteiger partial charge on any atom is -0.377 e. The Morgan fingerprint density at radius 3 is 2.29 bits per heavy atom. The van der Waals surface area contributed by atoms with Gasteiger partial charge >= 0.3 is 0 Å². The molecule has 0 atom stereocenters. The lowest BCUT2D eigenvalue weighted by molar-refractivity contribution is 0.00188. The van der Waals surface area contributed by atoms with E-state index in [1.54, 1.807) is 0 Å². The van der Waals surface area contributed by atoms with Gasteiger partial charge in [0.25, 0.3) is 0 Å². The van der Waals surface area contributed by atoms with Gasteiger partial charge in [-0.1, -0.05) is 27.7 Å². The summed E-state index contributed by atoms with van der Waals surface area (Å²) in [5, 5.41) is 3.42. The molecule has 21 heavy (non-hydrogen) atoms. The minimum atomic E-state index is 0.523. The molecule has 2 aliphatic rings. The van der Waals surface area contributed by atoms with Gasteiger partial charge in [0.1, 0.15) is 0 Å². The summed E-state index contributed by atoms with van der Waals surface area (Å²) in [5.41, 5.74) is 0. The SMILES string of the molecule is CC(C)NCCOC1CCC(CN2CC(C(C)C)C2)CC1. The number of likely N-dealkylation sites (tertiary alicyclic amines) is 1. The van der Waals surface area contributed by atoms with Crippen LogP contribution in [0.2, 0.25) is 0 Å². The molecule has 2 rings (SSSR count). The third-order valence-corrected chi connectivity index (χ3v) is 5.25. The number of nitrogens with one attached hydrogen (secondary N) is 1. The van der Waals surface area contributed by atoms with Gasteiger partial charge in [0.2, 0.25) is 0 Å². The molecule has 0 aromatic rings. The number of hydrogen-bond acceptors (Lipinski definition) is 3. The van der Waals surface area contributed by atoms with Crippen LogP contribution in [0.4, 0.5) is 0 Å². The highest BCUT2D eigenvalue weighted by atomic mass is 16.5. The normalized spacial score (nSPS) is 28.3. The van der Waals surface area contributed by atoms with E-state index in [-0.39, 0.29) is 0 Å². The first-order valence-corrected chi connectivity index (χ1v) is 9.12. The van der Waals surface area contributed by atoms with Gasteiger partial charge in [-0.3, -0.25) is 0 Å². The molecule has 0 bridgehead atoms. The largest absolute Gasteiger partial charge is 0.377 e. The lowest BCUT2D eigenvalue weighted by atomic mass is 9.83. The highest BCUT2D eigenvalue weighted by molar-refractivity contribution is 4.84. The Kier molecular flexibility index (Phi) is 6.97. The summed E-state index contributed by atoms with van der Waals surface area (Å²) in [4.78, 5) is 2.67. The average Bonchev–Trinajstić information content (AvgIpc) is 2.39. The van der Waals surface area contributed by atoms with Crippen molar-refractivity contribution in [1.82, 2.24) is 10.2 Å². The van der Waals surface area contributed by atoms with E-state index in [4.69, 9.17) is 4.74 Å². The standard InChI is InChI=1S/C18H36N2O/c1-14(2)17-12-20(13-17)11-16-5-7-18(8-6-16)21-10-9-19-15(3)4/h14-19H,5-13H2,1-4H3. The van der Waals surface area contributed by atoms with Crippen molar-refractivity contribution in [3.63, 3.8) is 0 Å². The monoisotopic (exact) mass is 296 g/mol. The van der Waals surface area contributed by atoms with Gasteiger partial charge in [0.05, 0.1) is 12.7 Å². The maximum Gasteiger partial charge on any atom is 0.0594 e. The smallest absolute Gasteiger partial charge is 0.0594 e. The molecular weight excluding hydrogens is 260 g/mol. The first-order valence-electron chi connectivity index (χ1n) is 9.12. The van der Waals surface area contributed by atoms with E-state index in [9.17, 15) is 0 Å². The van der Waals surface area contributed by atoms with Crippen LogP contribution in [-0.2, 0) is 4.74 Å². The zero-order valence-corrected chi connectivity index (χ0v) is 14.6. The summed E-state index contributed by atoms with van der Waals surface area (Å²) in [7, 11) is 0. The molecule has 0 spiro atoms. The number of rotatable bonds is 8. The molecule has 3 heteroatoms. The second-order valence-electron chi connectivity index (χ2n) is 7.84. The Bertz CT molecular complexity index is 279. The van der Waals surface area contributed by atoms with Crippen molar-refractivity contribution < 1.29 is 4.74 Å². The average molecular weight is 296 g/mol. The summed E-state index contributed by atoms with van der Waals surface area (Å²) in [6.07, 6.45) is 5.80. The molecule has 1 aliphatic carbocycles. The van der Waals surface area contributed by atoms with Gasteiger partial charge in [-0.15, -0.1) is 0 Å². The van der Waals surface area contributed by atoms with Crippen molar-refractivity contribution in [3.8, 4) is 0 Å². The Morgan fingerprint density at radius 1 is 1.05 bits per heavy atom. The summed E-state index contributed by atoms with van der Waals surface area (Å²) >= 11 is 0. The van der Waals surface area contributed by atoms with Crippen LogP contribution in [0.25, 0.3) is 0 Å². The third-order valence-electron chi connectivity index (χ3n) is 5.25. The summed E-state index contributed by atoms with van der Waals surface area (Å²) < 4.78 is 6.00. The van der Waals surface area contributed by atoms with Crippen molar-refractivity contribution in [2.45, 2.75) is 65.5 Å². The van der Waals surface area contributed by atoms with Crippen LogP contribution in [0.1, 0.15) is 53.4 Å². The zero-order valence-electron chi connectivity index (χ0n) is 14.6. The number of ether oxygens (including phenoxy) is 1. The van der Waals surface area contributed by atoms with Gasteiger partial charge < -0.3 is 15.0 Å². The highest BCUT2D eigenvalue weighted by Gasteiger charge is 2.31. The van der Waals surface area contributed by atoms with Gasteiger partial charge in [0, 0.05) is 32.2 Å². The lowest BCUT2D eigenvalue weighted by Gasteiger charge is -2.44.